The predicted octanol–water partition coefficient (Wildman–Crippen LogP) is 3.11. The SMILES string of the molecule is O=C(O)C(Cc1ccc(F)cc1)c1nnc(C(F)(F)F)s1. The van der Waals surface area contributed by atoms with Gasteiger partial charge in [-0.3, -0.25) is 4.79 Å². The molecule has 0 amide bonds. The van der Waals surface area contributed by atoms with E-state index in [-0.39, 0.29) is 22.8 Å². The number of hydrogen-bond donors (Lipinski definition) is 1. The molecule has 0 aliphatic heterocycles. The van der Waals surface area contributed by atoms with Crippen LogP contribution >= 0.6 is 11.3 Å². The van der Waals surface area contributed by atoms with Gasteiger partial charge in [0.1, 0.15) is 16.7 Å². The second-order valence-electron chi connectivity index (χ2n) is 4.16. The maximum atomic E-state index is 12.8. The van der Waals surface area contributed by atoms with E-state index >= 15 is 0 Å². The zero-order valence-electron chi connectivity index (χ0n) is 10.3. The van der Waals surface area contributed by atoms with Crippen molar-refractivity contribution in [2.75, 3.05) is 0 Å². The highest BCUT2D eigenvalue weighted by Gasteiger charge is 2.37. The number of rotatable bonds is 4. The summed E-state index contributed by atoms with van der Waals surface area (Å²) in [6, 6.07) is 5.04. The number of alkyl halides is 3. The number of carboxylic acid groups (broad SMARTS) is 1. The van der Waals surface area contributed by atoms with Crippen molar-refractivity contribution >= 4 is 17.3 Å². The summed E-state index contributed by atoms with van der Waals surface area (Å²) in [6.45, 7) is 0. The Morgan fingerprint density at radius 1 is 1.24 bits per heavy atom. The van der Waals surface area contributed by atoms with Gasteiger partial charge in [0.2, 0.25) is 5.01 Å². The largest absolute Gasteiger partial charge is 0.481 e. The summed E-state index contributed by atoms with van der Waals surface area (Å²) in [5, 5.41) is 14.0. The minimum atomic E-state index is -4.66. The molecule has 0 fully saturated rings. The fourth-order valence-electron chi connectivity index (χ4n) is 1.63. The van der Waals surface area contributed by atoms with E-state index in [1.807, 2.05) is 0 Å². The number of aromatic nitrogens is 2. The van der Waals surface area contributed by atoms with E-state index < -0.39 is 28.9 Å². The van der Waals surface area contributed by atoms with Gasteiger partial charge in [0.25, 0.3) is 0 Å². The van der Waals surface area contributed by atoms with E-state index in [2.05, 4.69) is 10.2 Å². The Morgan fingerprint density at radius 3 is 2.33 bits per heavy atom. The van der Waals surface area contributed by atoms with E-state index in [0.29, 0.717) is 5.56 Å². The van der Waals surface area contributed by atoms with Crippen molar-refractivity contribution in [1.29, 1.82) is 0 Å². The number of halogens is 4. The van der Waals surface area contributed by atoms with Crippen LogP contribution in [0.4, 0.5) is 17.6 Å². The minimum Gasteiger partial charge on any atom is -0.481 e. The molecule has 9 heteroatoms. The quantitative estimate of drug-likeness (QED) is 0.879. The Hall–Kier alpha value is -2.03. The summed E-state index contributed by atoms with van der Waals surface area (Å²) in [5.41, 5.74) is 0.479. The third-order valence-electron chi connectivity index (χ3n) is 2.63. The minimum absolute atomic E-state index is 0.0951. The fourth-order valence-corrected chi connectivity index (χ4v) is 2.43. The lowest BCUT2D eigenvalue weighted by molar-refractivity contribution is -0.139. The van der Waals surface area contributed by atoms with Crippen LogP contribution in [0.5, 0.6) is 0 Å². The molecule has 1 unspecified atom stereocenters. The normalized spacial score (nSPS) is 13.1. The maximum absolute atomic E-state index is 12.8. The lowest BCUT2D eigenvalue weighted by atomic mass is 10.0. The fraction of sp³-hybridized carbons (Fsp3) is 0.250. The van der Waals surface area contributed by atoms with Gasteiger partial charge in [0, 0.05) is 0 Å². The molecule has 0 radical (unpaired) electrons. The molecule has 1 aromatic carbocycles. The number of carbonyl (C=O) groups is 1. The van der Waals surface area contributed by atoms with Crippen LogP contribution in [0, 0.1) is 5.82 Å². The molecule has 1 aromatic heterocycles. The highest BCUT2D eigenvalue weighted by Crippen LogP contribution is 2.34. The molecule has 1 N–H and O–H groups in total. The summed E-state index contributed by atoms with van der Waals surface area (Å²) >= 11 is 0.197. The van der Waals surface area contributed by atoms with Gasteiger partial charge in [-0.25, -0.2) is 4.39 Å². The van der Waals surface area contributed by atoms with Gasteiger partial charge in [-0.05, 0) is 24.1 Å². The molecule has 1 atom stereocenters. The second-order valence-corrected chi connectivity index (χ2v) is 5.17. The van der Waals surface area contributed by atoms with Crippen LogP contribution in [0.25, 0.3) is 0 Å². The third-order valence-corrected chi connectivity index (χ3v) is 3.71. The van der Waals surface area contributed by atoms with Gasteiger partial charge in [-0.1, -0.05) is 23.5 Å². The van der Waals surface area contributed by atoms with Gasteiger partial charge in [-0.15, -0.1) is 10.2 Å². The monoisotopic (exact) mass is 320 g/mol. The van der Waals surface area contributed by atoms with Crippen LogP contribution in [-0.4, -0.2) is 21.3 Å². The van der Waals surface area contributed by atoms with E-state index in [4.69, 9.17) is 5.11 Å². The molecule has 0 aliphatic carbocycles. The summed E-state index contributed by atoms with van der Waals surface area (Å²) in [6.07, 6.45) is -4.75. The zero-order chi connectivity index (χ0) is 15.6. The van der Waals surface area contributed by atoms with Crippen molar-refractivity contribution in [3.8, 4) is 0 Å². The summed E-state index contributed by atoms with van der Waals surface area (Å²) < 4.78 is 50.1. The molecular formula is C12H8F4N2O2S. The zero-order valence-corrected chi connectivity index (χ0v) is 11.1. The number of benzene rings is 1. The first-order valence-electron chi connectivity index (χ1n) is 5.65. The average Bonchev–Trinajstić information content (AvgIpc) is 2.87. The molecule has 0 aliphatic rings. The molecule has 2 rings (SSSR count). The van der Waals surface area contributed by atoms with Crippen LogP contribution in [0.3, 0.4) is 0 Å². The van der Waals surface area contributed by atoms with Crippen LogP contribution in [0.15, 0.2) is 24.3 Å². The standard InChI is InChI=1S/C12H8F4N2O2S/c13-7-3-1-6(2-4-7)5-8(10(19)20)9-17-18-11(21-9)12(14,15)16/h1-4,8H,5H2,(H,19,20). The lowest BCUT2D eigenvalue weighted by Gasteiger charge is -2.08. The molecular weight excluding hydrogens is 312 g/mol. The van der Waals surface area contributed by atoms with E-state index in [9.17, 15) is 22.4 Å². The van der Waals surface area contributed by atoms with Crippen molar-refractivity contribution in [2.24, 2.45) is 0 Å². The van der Waals surface area contributed by atoms with Crippen molar-refractivity contribution < 1.29 is 27.5 Å². The summed E-state index contributed by atoms with van der Waals surface area (Å²) in [5.74, 6) is -3.06. The molecule has 112 valence electrons. The number of nitrogens with zero attached hydrogens (tertiary/aromatic N) is 2. The van der Waals surface area contributed by atoms with Crippen LogP contribution in [0.2, 0.25) is 0 Å². The molecule has 1 heterocycles. The van der Waals surface area contributed by atoms with E-state index in [1.165, 1.54) is 12.1 Å². The van der Waals surface area contributed by atoms with Gasteiger partial charge < -0.3 is 5.11 Å². The molecule has 0 saturated heterocycles. The predicted molar refractivity (Wildman–Crippen MR) is 65.4 cm³/mol. The van der Waals surface area contributed by atoms with Crippen molar-refractivity contribution in [3.05, 3.63) is 45.7 Å². The molecule has 4 nitrogen and oxygen atoms in total. The smallest absolute Gasteiger partial charge is 0.445 e. The molecule has 0 spiro atoms. The summed E-state index contributed by atoms with van der Waals surface area (Å²) in [4.78, 5) is 11.2. The maximum Gasteiger partial charge on any atom is 0.445 e. The highest BCUT2D eigenvalue weighted by atomic mass is 32.1. The molecule has 0 bridgehead atoms. The second kappa shape index (κ2) is 5.76. The van der Waals surface area contributed by atoms with Crippen LogP contribution in [-0.2, 0) is 17.4 Å². The Labute approximate surface area is 120 Å². The van der Waals surface area contributed by atoms with Crippen LogP contribution in [0.1, 0.15) is 21.5 Å². The number of hydrogen-bond acceptors (Lipinski definition) is 4. The summed E-state index contributed by atoms with van der Waals surface area (Å²) in [7, 11) is 0. The number of aliphatic carboxylic acids is 1. The molecule has 0 saturated carbocycles. The first-order valence-corrected chi connectivity index (χ1v) is 6.47. The van der Waals surface area contributed by atoms with Gasteiger partial charge >= 0.3 is 12.1 Å². The molecule has 2 aromatic rings. The number of carboxylic acids is 1. The Bertz CT molecular complexity index is 639. The Kier molecular flexibility index (Phi) is 4.21. The van der Waals surface area contributed by atoms with Crippen molar-refractivity contribution in [1.82, 2.24) is 10.2 Å². The van der Waals surface area contributed by atoms with Crippen LogP contribution < -0.4 is 0 Å². The van der Waals surface area contributed by atoms with Gasteiger partial charge in [-0.2, -0.15) is 13.2 Å². The van der Waals surface area contributed by atoms with Crippen molar-refractivity contribution in [2.45, 2.75) is 18.5 Å². The van der Waals surface area contributed by atoms with Crippen molar-refractivity contribution in [3.63, 3.8) is 0 Å². The Morgan fingerprint density at radius 2 is 1.86 bits per heavy atom. The van der Waals surface area contributed by atoms with Gasteiger partial charge in [0.05, 0.1) is 0 Å². The first kappa shape index (κ1) is 15.4. The lowest BCUT2D eigenvalue weighted by Crippen LogP contribution is -2.14. The topological polar surface area (TPSA) is 63.1 Å². The molecule has 21 heavy (non-hydrogen) atoms. The van der Waals surface area contributed by atoms with E-state index in [1.54, 1.807) is 0 Å². The third kappa shape index (κ3) is 3.75. The van der Waals surface area contributed by atoms with Gasteiger partial charge in [0.15, 0.2) is 0 Å². The first-order chi connectivity index (χ1) is 9.77. The van der Waals surface area contributed by atoms with E-state index in [0.717, 1.165) is 12.1 Å². The average molecular weight is 320 g/mol. The highest BCUT2D eigenvalue weighted by molar-refractivity contribution is 7.11. The Balaban J connectivity index is 2.25.